The molecule has 2 unspecified atom stereocenters. The Labute approximate surface area is 130 Å². The molecule has 0 spiro atoms. The maximum Gasteiger partial charge on any atom is 0.158 e. The van der Waals surface area contributed by atoms with Crippen LogP contribution in [0.4, 0.5) is 0 Å². The average Bonchev–Trinajstić information content (AvgIpc) is 2.94. The van der Waals surface area contributed by atoms with Crippen LogP contribution in [-0.4, -0.2) is 43.9 Å². The SMILES string of the molecule is CCCCCCCCCCCC1OCC(COCCO)O1. The van der Waals surface area contributed by atoms with Gasteiger partial charge in [-0.2, -0.15) is 0 Å². The Hall–Kier alpha value is -0.160. The van der Waals surface area contributed by atoms with Crippen LogP contribution in [0.1, 0.15) is 71.1 Å². The maximum absolute atomic E-state index is 8.64. The van der Waals surface area contributed by atoms with E-state index in [1.54, 1.807) is 0 Å². The van der Waals surface area contributed by atoms with Crippen molar-refractivity contribution < 1.29 is 19.3 Å². The Bertz CT molecular complexity index is 223. The van der Waals surface area contributed by atoms with Crippen molar-refractivity contribution in [3.8, 4) is 0 Å². The second kappa shape index (κ2) is 13.5. The number of aliphatic hydroxyl groups is 1. The molecule has 2 atom stereocenters. The summed E-state index contributed by atoms with van der Waals surface area (Å²) in [6.45, 7) is 3.84. The molecule has 0 saturated carbocycles. The van der Waals surface area contributed by atoms with Gasteiger partial charge in [-0.1, -0.05) is 58.3 Å². The molecular weight excluding hydrogens is 268 g/mol. The number of unbranched alkanes of at least 4 members (excludes halogenated alkanes) is 8. The van der Waals surface area contributed by atoms with Crippen molar-refractivity contribution in [3.63, 3.8) is 0 Å². The van der Waals surface area contributed by atoms with Crippen molar-refractivity contribution >= 4 is 0 Å². The molecule has 1 N–H and O–H groups in total. The Kier molecular flexibility index (Phi) is 12.1. The van der Waals surface area contributed by atoms with E-state index in [1.165, 1.54) is 57.8 Å². The molecule has 0 bridgehead atoms. The van der Waals surface area contributed by atoms with Gasteiger partial charge >= 0.3 is 0 Å². The van der Waals surface area contributed by atoms with Gasteiger partial charge in [0, 0.05) is 0 Å². The molecule has 0 aliphatic carbocycles. The third-order valence-corrected chi connectivity index (χ3v) is 3.89. The van der Waals surface area contributed by atoms with E-state index in [0.29, 0.717) is 19.8 Å². The van der Waals surface area contributed by atoms with Crippen LogP contribution in [0.2, 0.25) is 0 Å². The Morgan fingerprint density at radius 2 is 1.67 bits per heavy atom. The molecule has 4 heteroatoms. The zero-order valence-corrected chi connectivity index (χ0v) is 13.7. The van der Waals surface area contributed by atoms with Gasteiger partial charge in [0.25, 0.3) is 0 Å². The van der Waals surface area contributed by atoms with Crippen LogP contribution in [0.3, 0.4) is 0 Å². The molecule has 126 valence electrons. The van der Waals surface area contributed by atoms with Crippen LogP contribution >= 0.6 is 0 Å². The zero-order valence-electron chi connectivity index (χ0n) is 13.7. The molecule has 1 aliphatic rings. The van der Waals surface area contributed by atoms with E-state index in [2.05, 4.69) is 6.92 Å². The van der Waals surface area contributed by atoms with E-state index < -0.39 is 0 Å². The molecule has 0 aromatic heterocycles. The van der Waals surface area contributed by atoms with Crippen LogP contribution in [0.5, 0.6) is 0 Å². The summed E-state index contributed by atoms with van der Waals surface area (Å²) in [5, 5.41) is 8.64. The fourth-order valence-electron chi connectivity index (χ4n) is 2.65. The highest BCUT2D eigenvalue weighted by atomic mass is 16.7. The van der Waals surface area contributed by atoms with Crippen LogP contribution in [0, 0.1) is 0 Å². The minimum atomic E-state index is -0.0442. The monoisotopic (exact) mass is 302 g/mol. The van der Waals surface area contributed by atoms with Gasteiger partial charge in [-0.25, -0.2) is 0 Å². The number of rotatable bonds is 14. The summed E-state index contributed by atoms with van der Waals surface area (Å²) in [5.74, 6) is 0. The van der Waals surface area contributed by atoms with Crippen molar-refractivity contribution in [3.05, 3.63) is 0 Å². The lowest BCUT2D eigenvalue weighted by Gasteiger charge is -2.11. The third kappa shape index (κ3) is 10.2. The predicted molar refractivity (Wildman–Crippen MR) is 84.4 cm³/mol. The van der Waals surface area contributed by atoms with Gasteiger partial charge in [0.15, 0.2) is 6.29 Å². The summed E-state index contributed by atoms with van der Waals surface area (Å²) in [4.78, 5) is 0. The minimum Gasteiger partial charge on any atom is -0.394 e. The third-order valence-electron chi connectivity index (χ3n) is 3.89. The van der Waals surface area contributed by atoms with Crippen LogP contribution < -0.4 is 0 Å². The Balaban J connectivity index is 1.83. The van der Waals surface area contributed by atoms with Crippen LogP contribution in [0.15, 0.2) is 0 Å². The highest BCUT2D eigenvalue weighted by Gasteiger charge is 2.25. The highest BCUT2D eigenvalue weighted by molar-refractivity contribution is 4.65. The lowest BCUT2D eigenvalue weighted by atomic mass is 10.1. The standard InChI is InChI=1S/C17H34O4/c1-2-3-4-5-6-7-8-9-10-11-17-20-15-16(21-17)14-19-13-12-18/h16-18H,2-15H2,1H3. The fourth-order valence-corrected chi connectivity index (χ4v) is 2.65. The first-order valence-corrected chi connectivity index (χ1v) is 8.82. The first kappa shape index (κ1) is 18.9. The van der Waals surface area contributed by atoms with Crippen molar-refractivity contribution in [2.45, 2.75) is 83.5 Å². The molecular formula is C17H34O4. The van der Waals surface area contributed by atoms with Gasteiger partial charge in [-0.05, 0) is 12.8 Å². The molecule has 21 heavy (non-hydrogen) atoms. The fraction of sp³-hybridized carbons (Fsp3) is 1.00. The molecule has 0 radical (unpaired) electrons. The Morgan fingerprint density at radius 1 is 1.00 bits per heavy atom. The van der Waals surface area contributed by atoms with Crippen molar-refractivity contribution in [2.24, 2.45) is 0 Å². The lowest BCUT2D eigenvalue weighted by Crippen LogP contribution is -2.20. The molecule has 0 aromatic carbocycles. The normalized spacial score (nSPS) is 22.0. The Morgan fingerprint density at radius 3 is 2.33 bits per heavy atom. The summed E-state index contributed by atoms with van der Waals surface area (Å²) in [6.07, 6.45) is 13.1. The summed E-state index contributed by atoms with van der Waals surface area (Å²) < 4.78 is 16.6. The second-order valence-electron chi connectivity index (χ2n) is 5.94. The van der Waals surface area contributed by atoms with E-state index in [0.717, 1.165) is 6.42 Å². The van der Waals surface area contributed by atoms with Gasteiger partial charge < -0.3 is 19.3 Å². The predicted octanol–water partition coefficient (Wildman–Crippen LogP) is 3.66. The number of aliphatic hydroxyl groups excluding tert-OH is 1. The summed E-state index contributed by atoms with van der Waals surface area (Å²) in [7, 11) is 0. The first-order chi connectivity index (χ1) is 10.4. The second-order valence-corrected chi connectivity index (χ2v) is 5.94. The van der Waals surface area contributed by atoms with Crippen LogP contribution in [-0.2, 0) is 14.2 Å². The van der Waals surface area contributed by atoms with Gasteiger partial charge in [-0.3, -0.25) is 0 Å². The van der Waals surface area contributed by atoms with E-state index in [9.17, 15) is 0 Å². The summed E-state index contributed by atoms with van der Waals surface area (Å²) in [5.41, 5.74) is 0. The smallest absolute Gasteiger partial charge is 0.158 e. The molecule has 1 fully saturated rings. The van der Waals surface area contributed by atoms with Crippen molar-refractivity contribution in [1.82, 2.24) is 0 Å². The summed E-state index contributed by atoms with van der Waals surface area (Å²) in [6, 6.07) is 0. The van der Waals surface area contributed by atoms with Gasteiger partial charge in [0.2, 0.25) is 0 Å². The van der Waals surface area contributed by atoms with E-state index in [-0.39, 0.29) is 19.0 Å². The van der Waals surface area contributed by atoms with Gasteiger partial charge in [0.05, 0.1) is 26.4 Å². The molecule has 0 amide bonds. The largest absolute Gasteiger partial charge is 0.394 e. The quantitative estimate of drug-likeness (QED) is 0.497. The first-order valence-electron chi connectivity index (χ1n) is 8.82. The number of hydrogen-bond acceptors (Lipinski definition) is 4. The van der Waals surface area contributed by atoms with Crippen molar-refractivity contribution in [1.29, 1.82) is 0 Å². The number of ether oxygens (including phenoxy) is 3. The molecule has 1 aliphatic heterocycles. The van der Waals surface area contributed by atoms with Gasteiger partial charge in [-0.15, -0.1) is 0 Å². The molecule has 0 aromatic rings. The number of hydrogen-bond donors (Lipinski definition) is 1. The summed E-state index contributed by atoms with van der Waals surface area (Å²) >= 11 is 0. The van der Waals surface area contributed by atoms with Crippen LogP contribution in [0.25, 0.3) is 0 Å². The van der Waals surface area contributed by atoms with E-state index >= 15 is 0 Å². The topological polar surface area (TPSA) is 47.9 Å². The van der Waals surface area contributed by atoms with Crippen molar-refractivity contribution in [2.75, 3.05) is 26.4 Å². The van der Waals surface area contributed by atoms with E-state index in [1.807, 2.05) is 0 Å². The van der Waals surface area contributed by atoms with E-state index in [4.69, 9.17) is 19.3 Å². The molecule has 1 rings (SSSR count). The average molecular weight is 302 g/mol. The lowest BCUT2D eigenvalue weighted by molar-refractivity contribution is -0.0772. The highest BCUT2D eigenvalue weighted by Crippen LogP contribution is 2.18. The molecule has 4 nitrogen and oxygen atoms in total. The molecule has 1 saturated heterocycles. The maximum atomic E-state index is 8.64. The molecule has 1 heterocycles. The van der Waals surface area contributed by atoms with Gasteiger partial charge in [0.1, 0.15) is 6.10 Å². The minimum absolute atomic E-state index is 0.0418. The zero-order chi connectivity index (χ0) is 15.2.